The van der Waals surface area contributed by atoms with Crippen molar-refractivity contribution in [3.8, 4) is 11.1 Å². The molecule has 9 aromatic carbocycles. The van der Waals surface area contributed by atoms with Gasteiger partial charge in [-0.25, -0.2) is 0 Å². The molecule has 0 saturated heterocycles. The summed E-state index contributed by atoms with van der Waals surface area (Å²) in [5, 5.41) is 7.85. The summed E-state index contributed by atoms with van der Waals surface area (Å²) in [4.78, 5) is 5.20. The second-order valence-corrected chi connectivity index (χ2v) is 21.7. The molecule has 2 aliphatic rings. The Bertz CT molecular complexity index is 3300. The van der Waals surface area contributed by atoms with E-state index < -0.39 is 0 Å². The molecule has 2 heterocycles. The molecule has 0 spiro atoms. The zero-order valence-electron chi connectivity index (χ0n) is 38.8. The van der Waals surface area contributed by atoms with Crippen LogP contribution in [0.4, 0.5) is 34.1 Å². The maximum atomic E-state index is 2.64. The molecule has 0 unspecified atom stereocenters. The normalized spacial score (nSPS) is 13.9. The highest BCUT2D eigenvalue weighted by atomic mass is 15.2. The smallest absolute Gasteiger partial charge is 0.252 e. The summed E-state index contributed by atoms with van der Waals surface area (Å²) in [6, 6.07) is 56.7. The van der Waals surface area contributed by atoms with Crippen LogP contribution in [0.25, 0.3) is 43.4 Å². The van der Waals surface area contributed by atoms with Crippen LogP contribution >= 0.6 is 0 Å². The quantitative estimate of drug-likeness (QED) is 0.129. The number of rotatable bonds is 3. The lowest BCUT2D eigenvalue weighted by Gasteiger charge is -2.45. The van der Waals surface area contributed by atoms with Crippen LogP contribution in [0.2, 0.25) is 0 Å². The molecule has 63 heavy (non-hydrogen) atoms. The van der Waals surface area contributed by atoms with Gasteiger partial charge in [-0.1, -0.05) is 171 Å². The van der Waals surface area contributed by atoms with Crippen molar-refractivity contribution in [3.63, 3.8) is 0 Å². The average molecular weight is 817 g/mol. The van der Waals surface area contributed by atoms with Crippen molar-refractivity contribution < 1.29 is 0 Å². The molecule has 0 N–H and O–H groups in total. The van der Waals surface area contributed by atoms with Crippen LogP contribution in [0.5, 0.6) is 0 Å². The Balaban J connectivity index is 1.25. The monoisotopic (exact) mass is 816 g/mol. The lowest BCUT2D eigenvalue weighted by Crippen LogP contribution is -2.61. The van der Waals surface area contributed by atoms with Crippen LogP contribution in [0.15, 0.2) is 146 Å². The molecular weight excluding hydrogens is 759 g/mol. The van der Waals surface area contributed by atoms with Crippen molar-refractivity contribution in [2.75, 3.05) is 9.80 Å². The highest BCUT2D eigenvalue weighted by molar-refractivity contribution is 7.00. The van der Waals surface area contributed by atoms with Gasteiger partial charge in [0, 0.05) is 34.0 Å². The molecule has 310 valence electrons. The van der Waals surface area contributed by atoms with Gasteiger partial charge in [0.05, 0.1) is 5.69 Å². The van der Waals surface area contributed by atoms with Crippen LogP contribution in [0.1, 0.15) is 90.1 Å². The van der Waals surface area contributed by atoms with Gasteiger partial charge in [0.1, 0.15) is 0 Å². The van der Waals surface area contributed by atoms with E-state index in [-0.39, 0.29) is 23.0 Å². The van der Waals surface area contributed by atoms with Gasteiger partial charge in [0.25, 0.3) is 6.71 Å². The summed E-state index contributed by atoms with van der Waals surface area (Å²) in [6.07, 6.45) is 0. The summed E-state index contributed by atoms with van der Waals surface area (Å²) >= 11 is 0. The number of fused-ring (bicyclic) bond motifs is 4. The molecule has 3 heteroatoms. The molecule has 0 aromatic heterocycles. The Kier molecular flexibility index (Phi) is 8.53. The van der Waals surface area contributed by atoms with Crippen LogP contribution in [-0.4, -0.2) is 6.71 Å². The van der Waals surface area contributed by atoms with E-state index in [0.29, 0.717) is 0 Å². The van der Waals surface area contributed by atoms with Gasteiger partial charge >= 0.3 is 0 Å². The molecule has 9 aromatic rings. The van der Waals surface area contributed by atoms with E-state index in [1.807, 2.05) is 0 Å². The first-order valence-electron chi connectivity index (χ1n) is 22.9. The predicted octanol–water partition coefficient (Wildman–Crippen LogP) is 14.8. The van der Waals surface area contributed by atoms with Gasteiger partial charge in [0.2, 0.25) is 0 Å². The molecule has 0 radical (unpaired) electrons. The Morgan fingerprint density at radius 3 is 1.49 bits per heavy atom. The van der Waals surface area contributed by atoms with Crippen molar-refractivity contribution in [2.24, 2.45) is 0 Å². The van der Waals surface area contributed by atoms with Gasteiger partial charge in [-0.15, -0.1) is 0 Å². The zero-order valence-corrected chi connectivity index (χ0v) is 38.8. The summed E-state index contributed by atoms with van der Waals surface area (Å²) in [5.74, 6) is 0. The third-order valence-corrected chi connectivity index (χ3v) is 14.2. The number of nitrogens with zero attached hydrogens (tertiary/aromatic N) is 2. The van der Waals surface area contributed by atoms with E-state index in [4.69, 9.17) is 0 Å². The van der Waals surface area contributed by atoms with Crippen molar-refractivity contribution in [1.82, 2.24) is 0 Å². The summed E-state index contributed by atoms with van der Waals surface area (Å²) in [7, 11) is 0. The Morgan fingerprint density at radius 2 is 0.889 bits per heavy atom. The van der Waals surface area contributed by atoms with Crippen molar-refractivity contribution in [3.05, 3.63) is 173 Å². The van der Waals surface area contributed by atoms with Crippen LogP contribution in [0.3, 0.4) is 0 Å². The molecule has 2 nitrogen and oxygen atoms in total. The maximum absolute atomic E-state index is 2.64. The standard InChI is InChI=1S/C60H57BN2/c1-36-15-28-51-48(31-36)61-49-32-37(2)16-29-52(49)63(54-35-43(60(9,10)11)34-53(57(54)61)62(51)44-24-21-41(22-25-44)58(3,4)5)50-30-23-42(59(6,7)8)33-47(50)45-26-19-40-18-17-38-13-12-14-39-20-27-46(45)56(40)55(38)39/h12-35H,1-11H3. The number of hydrogen-bond donors (Lipinski definition) is 0. The predicted molar refractivity (Wildman–Crippen MR) is 275 cm³/mol. The number of aryl methyl sites for hydroxylation is 2. The van der Waals surface area contributed by atoms with Crippen molar-refractivity contribution in [1.29, 1.82) is 0 Å². The first kappa shape index (κ1) is 39.5. The van der Waals surface area contributed by atoms with E-state index in [1.54, 1.807) is 0 Å². The van der Waals surface area contributed by atoms with E-state index in [2.05, 4.69) is 232 Å². The van der Waals surface area contributed by atoms with E-state index >= 15 is 0 Å². The summed E-state index contributed by atoms with van der Waals surface area (Å²) in [6.45, 7) is 25.5. The third kappa shape index (κ3) is 6.14. The third-order valence-electron chi connectivity index (χ3n) is 14.2. The largest absolute Gasteiger partial charge is 0.311 e. The fraction of sp³-hybridized carbons (Fsp3) is 0.233. The fourth-order valence-electron chi connectivity index (χ4n) is 10.7. The Hall–Kier alpha value is -6.32. The minimum absolute atomic E-state index is 0.0466. The Morgan fingerprint density at radius 1 is 0.381 bits per heavy atom. The molecule has 0 amide bonds. The van der Waals surface area contributed by atoms with Crippen LogP contribution < -0.4 is 26.2 Å². The van der Waals surface area contributed by atoms with Gasteiger partial charge in [-0.05, 0) is 150 Å². The van der Waals surface area contributed by atoms with E-state index in [0.717, 1.165) is 0 Å². The zero-order chi connectivity index (χ0) is 43.9. The molecule has 0 atom stereocenters. The second kappa shape index (κ2) is 13.6. The molecule has 11 rings (SSSR count). The minimum atomic E-state index is -0.111. The number of hydrogen-bond acceptors (Lipinski definition) is 2. The summed E-state index contributed by atoms with van der Waals surface area (Å²) in [5.41, 5.74) is 20.4. The molecule has 2 aliphatic heterocycles. The first-order chi connectivity index (χ1) is 30.0. The fourth-order valence-corrected chi connectivity index (χ4v) is 10.7. The lowest BCUT2D eigenvalue weighted by molar-refractivity contribution is 0.590. The molecule has 0 fully saturated rings. The van der Waals surface area contributed by atoms with Crippen LogP contribution in [0, 0.1) is 13.8 Å². The number of anilines is 6. The van der Waals surface area contributed by atoms with Crippen LogP contribution in [-0.2, 0) is 16.2 Å². The molecule has 0 aliphatic carbocycles. The SMILES string of the molecule is Cc1ccc2c(c1)B1c3cc(C)ccc3N(c3ccc(C(C)(C)C)cc3-c3ccc4ccc5cccc6ccc3c4c56)c3cc(C(C)(C)C)cc(c31)N2c1ccc(C(C)(C)C)cc1. The van der Waals surface area contributed by atoms with Crippen molar-refractivity contribution in [2.45, 2.75) is 92.4 Å². The maximum Gasteiger partial charge on any atom is 0.252 e. The lowest BCUT2D eigenvalue weighted by atomic mass is 9.33. The van der Waals surface area contributed by atoms with Gasteiger partial charge < -0.3 is 9.80 Å². The highest BCUT2D eigenvalue weighted by Crippen LogP contribution is 2.50. The first-order valence-corrected chi connectivity index (χ1v) is 22.9. The molecular formula is C60H57BN2. The topological polar surface area (TPSA) is 6.48 Å². The number of benzene rings is 9. The van der Waals surface area contributed by atoms with E-state index in [9.17, 15) is 0 Å². The van der Waals surface area contributed by atoms with Gasteiger partial charge in [0.15, 0.2) is 0 Å². The minimum Gasteiger partial charge on any atom is -0.311 e. The van der Waals surface area contributed by atoms with Gasteiger partial charge in [-0.2, -0.15) is 0 Å². The summed E-state index contributed by atoms with van der Waals surface area (Å²) < 4.78 is 0. The van der Waals surface area contributed by atoms with Gasteiger partial charge in [-0.3, -0.25) is 0 Å². The van der Waals surface area contributed by atoms with Crippen molar-refractivity contribution >= 4 is 89.5 Å². The van der Waals surface area contributed by atoms with E-state index in [1.165, 1.54) is 122 Å². The molecule has 0 saturated carbocycles. The molecule has 0 bridgehead atoms. The second-order valence-electron chi connectivity index (χ2n) is 21.7. The Labute approximate surface area is 374 Å². The average Bonchev–Trinajstić information content (AvgIpc) is 3.24. The highest BCUT2D eigenvalue weighted by Gasteiger charge is 2.44.